The zero-order valence-corrected chi connectivity index (χ0v) is 15.5. The third kappa shape index (κ3) is 4.75. The number of amides is 1. The molecule has 0 radical (unpaired) electrons. The third-order valence-electron chi connectivity index (χ3n) is 4.11. The number of ether oxygens (including phenoxy) is 3. The van der Waals surface area contributed by atoms with Gasteiger partial charge in [0.15, 0.2) is 18.1 Å². The molecule has 1 aromatic carbocycles. The van der Waals surface area contributed by atoms with Crippen LogP contribution in [0.15, 0.2) is 53.2 Å². The molecule has 9 heteroatoms. The lowest BCUT2D eigenvalue weighted by atomic mass is 10.2. The van der Waals surface area contributed by atoms with E-state index in [-0.39, 0.29) is 5.76 Å². The van der Waals surface area contributed by atoms with Crippen LogP contribution in [0.1, 0.15) is 22.7 Å². The average Bonchev–Trinajstić information content (AvgIpc) is 3.34. The molecule has 150 valence electrons. The van der Waals surface area contributed by atoms with Gasteiger partial charge in [-0.25, -0.2) is 4.79 Å². The number of nitrogens with one attached hydrogen (secondary N) is 1. The highest BCUT2D eigenvalue weighted by atomic mass is 16.5. The predicted molar refractivity (Wildman–Crippen MR) is 101 cm³/mol. The van der Waals surface area contributed by atoms with E-state index in [2.05, 4.69) is 10.4 Å². The Bertz CT molecular complexity index is 996. The lowest BCUT2D eigenvalue weighted by Gasteiger charge is -2.10. The van der Waals surface area contributed by atoms with Crippen molar-refractivity contribution >= 4 is 17.6 Å². The number of benzene rings is 1. The predicted octanol–water partition coefficient (Wildman–Crippen LogP) is 2.48. The molecular weight excluding hydrogens is 378 g/mol. The molecule has 0 atom stereocenters. The second-order valence-electron chi connectivity index (χ2n) is 6.31. The van der Waals surface area contributed by atoms with Crippen molar-refractivity contribution in [3.8, 4) is 11.5 Å². The molecule has 4 rings (SSSR count). The van der Waals surface area contributed by atoms with Gasteiger partial charge in [0.25, 0.3) is 5.91 Å². The summed E-state index contributed by atoms with van der Waals surface area (Å²) in [4.78, 5) is 24.2. The van der Waals surface area contributed by atoms with Crippen LogP contribution in [0, 0.1) is 0 Å². The number of esters is 1. The van der Waals surface area contributed by atoms with Gasteiger partial charge in [-0.05, 0) is 30.3 Å². The van der Waals surface area contributed by atoms with E-state index < -0.39 is 18.5 Å². The maximum atomic E-state index is 12.1. The van der Waals surface area contributed by atoms with E-state index in [1.54, 1.807) is 47.4 Å². The third-order valence-corrected chi connectivity index (χ3v) is 4.11. The molecule has 3 aromatic rings. The van der Waals surface area contributed by atoms with Gasteiger partial charge in [0.1, 0.15) is 5.76 Å². The Balaban J connectivity index is 1.29. The number of hydrogen-bond acceptors (Lipinski definition) is 7. The van der Waals surface area contributed by atoms with E-state index in [1.165, 1.54) is 6.07 Å². The molecule has 0 spiro atoms. The van der Waals surface area contributed by atoms with Gasteiger partial charge in [-0.2, -0.15) is 5.10 Å². The van der Waals surface area contributed by atoms with Gasteiger partial charge in [-0.3, -0.25) is 9.48 Å². The highest BCUT2D eigenvalue weighted by Crippen LogP contribution is 2.32. The van der Waals surface area contributed by atoms with Gasteiger partial charge >= 0.3 is 5.97 Å². The van der Waals surface area contributed by atoms with E-state index in [0.717, 1.165) is 6.42 Å². The molecule has 3 heterocycles. The topological polar surface area (TPSA) is 105 Å². The van der Waals surface area contributed by atoms with Crippen LogP contribution in [0.4, 0.5) is 5.69 Å². The minimum Gasteiger partial charge on any atom is -0.490 e. The van der Waals surface area contributed by atoms with Crippen molar-refractivity contribution in [2.24, 2.45) is 0 Å². The highest BCUT2D eigenvalue weighted by molar-refractivity contribution is 5.94. The van der Waals surface area contributed by atoms with Crippen LogP contribution < -0.4 is 14.8 Å². The minimum absolute atomic E-state index is 0.0236. The molecule has 0 saturated heterocycles. The number of aromatic nitrogens is 2. The molecule has 1 N–H and O–H groups in total. The van der Waals surface area contributed by atoms with Gasteiger partial charge in [0.05, 0.1) is 19.8 Å². The van der Waals surface area contributed by atoms with Crippen molar-refractivity contribution in [1.29, 1.82) is 0 Å². The number of nitrogens with zero attached hydrogens (tertiary/aromatic N) is 2. The fourth-order valence-corrected chi connectivity index (χ4v) is 2.77. The second kappa shape index (κ2) is 8.51. The Kier molecular flexibility index (Phi) is 5.46. The number of fused-ring (bicyclic) bond motifs is 1. The molecule has 0 bridgehead atoms. The quantitative estimate of drug-likeness (QED) is 0.637. The van der Waals surface area contributed by atoms with Crippen molar-refractivity contribution in [2.45, 2.75) is 13.0 Å². The van der Waals surface area contributed by atoms with Crippen LogP contribution in [0.5, 0.6) is 11.5 Å². The first-order valence-electron chi connectivity index (χ1n) is 9.10. The fraction of sp³-hybridized carbons (Fsp3) is 0.250. The van der Waals surface area contributed by atoms with Crippen LogP contribution in [0.25, 0.3) is 0 Å². The second-order valence-corrected chi connectivity index (χ2v) is 6.31. The lowest BCUT2D eigenvalue weighted by Crippen LogP contribution is -2.20. The Morgan fingerprint density at radius 2 is 2.00 bits per heavy atom. The average molecular weight is 397 g/mol. The zero-order valence-electron chi connectivity index (χ0n) is 15.5. The Morgan fingerprint density at radius 3 is 2.83 bits per heavy atom. The highest BCUT2D eigenvalue weighted by Gasteiger charge is 2.16. The first kappa shape index (κ1) is 18.6. The van der Waals surface area contributed by atoms with Crippen molar-refractivity contribution in [1.82, 2.24) is 9.78 Å². The molecule has 29 heavy (non-hydrogen) atoms. The number of furan rings is 1. The molecule has 1 aliphatic rings. The number of anilines is 1. The van der Waals surface area contributed by atoms with Crippen molar-refractivity contribution in [2.75, 3.05) is 25.1 Å². The number of carbonyl (C=O) groups excluding carboxylic acids is 2. The van der Waals surface area contributed by atoms with E-state index in [0.29, 0.717) is 42.7 Å². The molecule has 1 aliphatic heterocycles. The summed E-state index contributed by atoms with van der Waals surface area (Å²) < 4.78 is 23.3. The minimum atomic E-state index is -0.717. The summed E-state index contributed by atoms with van der Waals surface area (Å²) in [7, 11) is 0. The van der Waals surface area contributed by atoms with Gasteiger partial charge in [-0.15, -0.1) is 0 Å². The molecule has 0 aliphatic carbocycles. The monoisotopic (exact) mass is 397 g/mol. The van der Waals surface area contributed by atoms with Crippen molar-refractivity contribution in [3.63, 3.8) is 0 Å². The zero-order chi connectivity index (χ0) is 20.1. The van der Waals surface area contributed by atoms with Gasteiger partial charge in [-0.1, -0.05) is 0 Å². The standard InChI is InChI=1S/C20H19N3O6/c24-19(22-14-3-5-16-18(11-14)27-10-2-9-26-16)13-28-20(25)17-6-4-15(29-17)12-23-8-1-7-21-23/h1,3-8,11H,2,9-10,12-13H2,(H,22,24). The fourth-order valence-electron chi connectivity index (χ4n) is 2.77. The molecule has 1 amide bonds. The molecule has 9 nitrogen and oxygen atoms in total. The molecule has 0 saturated carbocycles. The first-order valence-corrected chi connectivity index (χ1v) is 9.10. The van der Waals surface area contributed by atoms with Crippen molar-refractivity contribution in [3.05, 3.63) is 60.3 Å². The molecular formula is C20H19N3O6. The van der Waals surface area contributed by atoms with Gasteiger partial charge < -0.3 is 23.9 Å². The summed E-state index contributed by atoms with van der Waals surface area (Å²) in [5.41, 5.74) is 0.523. The SMILES string of the molecule is O=C(COC(=O)c1ccc(Cn2cccn2)o1)Nc1ccc2c(c1)OCCCO2. The van der Waals surface area contributed by atoms with E-state index in [1.807, 2.05) is 0 Å². The summed E-state index contributed by atoms with van der Waals surface area (Å²) in [6, 6.07) is 10.1. The Hall–Kier alpha value is -3.75. The van der Waals surface area contributed by atoms with Gasteiger partial charge in [0.2, 0.25) is 5.76 Å². The summed E-state index contributed by atoms with van der Waals surface area (Å²) in [5.74, 6) is 0.586. The normalized spacial score (nSPS) is 12.8. The van der Waals surface area contributed by atoms with Crippen LogP contribution in [-0.4, -0.2) is 41.5 Å². The first-order chi connectivity index (χ1) is 14.2. The van der Waals surface area contributed by atoms with E-state index in [9.17, 15) is 9.59 Å². The molecule has 2 aromatic heterocycles. The van der Waals surface area contributed by atoms with Crippen LogP contribution in [0.3, 0.4) is 0 Å². The summed E-state index contributed by atoms with van der Waals surface area (Å²) in [6.07, 6.45) is 4.23. The summed E-state index contributed by atoms with van der Waals surface area (Å²) in [5, 5.41) is 6.73. The van der Waals surface area contributed by atoms with Crippen LogP contribution in [0.2, 0.25) is 0 Å². The number of rotatable bonds is 6. The van der Waals surface area contributed by atoms with Gasteiger partial charge in [0, 0.05) is 30.6 Å². The Labute approximate surface area is 166 Å². The number of hydrogen-bond donors (Lipinski definition) is 1. The molecule has 0 fully saturated rings. The van der Waals surface area contributed by atoms with Crippen LogP contribution in [-0.2, 0) is 16.1 Å². The van der Waals surface area contributed by atoms with Crippen LogP contribution >= 0.6 is 0 Å². The molecule has 0 unspecified atom stereocenters. The number of carbonyl (C=O) groups is 2. The summed E-state index contributed by atoms with van der Waals surface area (Å²) in [6.45, 7) is 1.09. The van der Waals surface area contributed by atoms with E-state index >= 15 is 0 Å². The summed E-state index contributed by atoms with van der Waals surface area (Å²) >= 11 is 0. The van der Waals surface area contributed by atoms with E-state index in [4.69, 9.17) is 18.6 Å². The smallest absolute Gasteiger partial charge is 0.374 e. The van der Waals surface area contributed by atoms with Crippen molar-refractivity contribution < 1.29 is 28.2 Å². The maximum Gasteiger partial charge on any atom is 0.374 e. The lowest BCUT2D eigenvalue weighted by molar-refractivity contribution is -0.119. The Morgan fingerprint density at radius 1 is 1.14 bits per heavy atom. The largest absolute Gasteiger partial charge is 0.490 e. The maximum absolute atomic E-state index is 12.1.